The highest BCUT2D eigenvalue weighted by Crippen LogP contribution is 2.28. The van der Waals surface area contributed by atoms with Crippen molar-refractivity contribution in [2.24, 2.45) is 5.92 Å². The summed E-state index contributed by atoms with van der Waals surface area (Å²) in [6, 6.07) is 0.139. The maximum absolute atomic E-state index is 5.36. The van der Waals surface area contributed by atoms with Crippen molar-refractivity contribution in [3.8, 4) is 11.6 Å². The molecule has 3 heterocycles. The topological polar surface area (TPSA) is 76.7 Å². The van der Waals surface area contributed by atoms with E-state index in [1.54, 1.807) is 12.4 Å². The van der Waals surface area contributed by atoms with Crippen LogP contribution in [0.3, 0.4) is 0 Å². The normalized spacial score (nSPS) is 23.5. The second-order valence-electron chi connectivity index (χ2n) is 5.09. The van der Waals surface area contributed by atoms with Gasteiger partial charge in [-0.25, -0.2) is 9.97 Å². The molecule has 0 aliphatic carbocycles. The highest BCUT2D eigenvalue weighted by atomic mass is 16.5. The van der Waals surface area contributed by atoms with Crippen LogP contribution in [-0.4, -0.2) is 26.7 Å². The van der Waals surface area contributed by atoms with Gasteiger partial charge in [-0.15, -0.1) is 0 Å². The van der Waals surface area contributed by atoms with E-state index in [2.05, 4.69) is 32.3 Å². The zero-order valence-electron chi connectivity index (χ0n) is 11.1. The first-order valence-corrected chi connectivity index (χ1v) is 6.60. The van der Waals surface area contributed by atoms with Crippen molar-refractivity contribution in [1.82, 2.24) is 25.4 Å². The lowest BCUT2D eigenvalue weighted by atomic mass is 9.93. The van der Waals surface area contributed by atoms with Crippen LogP contribution in [0.25, 0.3) is 11.6 Å². The highest BCUT2D eigenvalue weighted by Gasteiger charge is 2.27. The molecule has 0 aromatic carbocycles. The molecule has 6 nitrogen and oxygen atoms in total. The average Bonchev–Trinajstić information content (AvgIpc) is 2.89. The molecule has 0 amide bonds. The number of nitrogens with one attached hydrogen (secondary N) is 1. The number of rotatable bonds is 2. The summed E-state index contributed by atoms with van der Waals surface area (Å²) >= 11 is 0. The largest absolute Gasteiger partial charge is 0.337 e. The maximum Gasteiger partial charge on any atom is 0.244 e. The predicted molar refractivity (Wildman–Crippen MR) is 69.2 cm³/mol. The van der Waals surface area contributed by atoms with Gasteiger partial charge in [0.05, 0.1) is 6.04 Å². The van der Waals surface area contributed by atoms with E-state index >= 15 is 0 Å². The molecule has 100 valence electrons. The first kappa shape index (κ1) is 12.2. The minimum Gasteiger partial charge on any atom is -0.337 e. The Morgan fingerprint density at radius 2 is 2.05 bits per heavy atom. The average molecular weight is 259 g/mol. The lowest BCUT2D eigenvalue weighted by Gasteiger charge is -2.26. The molecule has 1 aliphatic rings. The summed E-state index contributed by atoms with van der Waals surface area (Å²) in [7, 11) is 0. The number of aryl methyl sites for hydroxylation is 1. The van der Waals surface area contributed by atoms with E-state index in [1.165, 1.54) is 12.8 Å². The summed E-state index contributed by atoms with van der Waals surface area (Å²) in [5, 5.41) is 7.40. The SMILES string of the molecule is Cc1cnc(-c2noc(C3NCCCC3C)n2)nc1. The van der Waals surface area contributed by atoms with Crippen LogP contribution in [0.5, 0.6) is 0 Å². The smallest absolute Gasteiger partial charge is 0.244 e. The van der Waals surface area contributed by atoms with Crippen molar-refractivity contribution >= 4 is 0 Å². The van der Waals surface area contributed by atoms with Gasteiger partial charge in [-0.2, -0.15) is 4.98 Å². The molecular formula is C13H17N5O. The summed E-state index contributed by atoms with van der Waals surface area (Å²) in [5.41, 5.74) is 1.01. The van der Waals surface area contributed by atoms with Crippen molar-refractivity contribution in [2.75, 3.05) is 6.54 Å². The van der Waals surface area contributed by atoms with Gasteiger partial charge in [-0.05, 0) is 37.8 Å². The Morgan fingerprint density at radius 1 is 1.26 bits per heavy atom. The summed E-state index contributed by atoms with van der Waals surface area (Å²) in [5.74, 6) is 2.09. The Labute approximate surface area is 111 Å². The molecular weight excluding hydrogens is 242 g/mol. The third-order valence-electron chi connectivity index (χ3n) is 3.46. The lowest BCUT2D eigenvalue weighted by molar-refractivity contribution is 0.239. The second-order valence-corrected chi connectivity index (χ2v) is 5.09. The van der Waals surface area contributed by atoms with Gasteiger partial charge in [0, 0.05) is 12.4 Å². The highest BCUT2D eigenvalue weighted by molar-refractivity contribution is 5.41. The molecule has 2 aromatic rings. The van der Waals surface area contributed by atoms with E-state index in [4.69, 9.17) is 4.52 Å². The van der Waals surface area contributed by atoms with Crippen molar-refractivity contribution in [2.45, 2.75) is 32.7 Å². The first-order chi connectivity index (χ1) is 9.24. The molecule has 3 rings (SSSR count). The first-order valence-electron chi connectivity index (χ1n) is 6.60. The summed E-state index contributed by atoms with van der Waals surface area (Å²) in [6.45, 7) is 5.13. The van der Waals surface area contributed by atoms with E-state index in [1.807, 2.05) is 6.92 Å². The molecule has 19 heavy (non-hydrogen) atoms. The third-order valence-corrected chi connectivity index (χ3v) is 3.46. The number of nitrogens with zero attached hydrogens (tertiary/aromatic N) is 4. The molecule has 0 radical (unpaired) electrons. The molecule has 2 unspecified atom stereocenters. The fourth-order valence-electron chi connectivity index (χ4n) is 2.34. The van der Waals surface area contributed by atoms with Gasteiger partial charge in [0.1, 0.15) is 0 Å². The molecule has 1 N–H and O–H groups in total. The van der Waals surface area contributed by atoms with Crippen LogP contribution in [0.1, 0.15) is 37.3 Å². The summed E-state index contributed by atoms with van der Waals surface area (Å²) in [4.78, 5) is 12.8. The van der Waals surface area contributed by atoms with Crippen LogP contribution >= 0.6 is 0 Å². The van der Waals surface area contributed by atoms with Gasteiger partial charge < -0.3 is 9.84 Å². The van der Waals surface area contributed by atoms with Crippen LogP contribution in [0.4, 0.5) is 0 Å². The molecule has 6 heteroatoms. The fourth-order valence-corrected chi connectivity index (χ4v) is 2.34. The molecule has 0 bridgehead atoms. The van der Waals surface area contributed by atoms with Crippen molar-refractivity contribution in [3.05, 3.63) is 23.8 Å². The zero-order valence-corrected chi connectivity index (χ0v) is 11.1. The van der Waals surface area contributed by atoms with Crippen molar-refractivity contribution in [1.29, 1.82) is 0 Å². The van der Waals surface area contributed by atoms with Gasteiger partial charge in [0.25, 0.3) is 0 Å². The number of hydrogen-bond acceptors (Lipinski definition) is 6. The predicted octanol–water partition coefficient (Wildman–Crippen LogP) is 1.90. The van der Waals surface area contributed by atoms with Gasteiger partial charge >= 0.3 is 0 Å². The van der Waals surface area contributed by atoms with E-state index in [-0.39, 0.29) is 6.04 Å². The Morgan fingerprint density at radius 3 is 2.79 bits per heavy atom. The van der Waals surface area contributed by atoms with Gasteiger partial charge in [-0.1, -0.05) is 12.1 Å². The number of hydrogen-bond donors (Lipinski definition) is 1. The molecule has 0 spiro atoms. The molecule has 1 aliphatic heterocycles. The zero-order chi connectivity index (χ0) is 13.2. The molecule has 1 saturated heterocycles. The molecule has 0 saturated carbocycles. The monoisotopic (exact) mass is 259 g/mol. The van der Waals surface area contributed by atoms with E-state index in [9.17, 15) is 0 Å². The van der Waals surface area contributed by atoms with E-state index < -0.39 is 0 Å². The lowest BCUT2D eigenvalue weighted by Crippen LogP contribution is -2.33. The quantitative estimate of drug-likeness (QED) is 0.887. The maximum atomic E-state index is 5.36. The van der Waals surface area contributed by atoms with Crippen molar-refractivity contribution < 1.29 is 4.52 Å². The number of aromatic nitrogens is 4. The van der Waals surface area contributed by atoms with E-state index in [0.717, 1.165) is 12.1 Å². The third kappa shape index (κ3) is 2.49. The van der Waals surface area contributed by atoms with Crippen LogP contribution in [0.15, 0.2) is 16.9 Å². The minimum absolute atomic E-state index is 0.139. The minimum atomic E-state index is 0.139. The van der Waals surface area contributed by atoms with Gasteiger partial charge in [0.15, 0.2) is 0 Å². The number of piperidine rings is 1. The molecule has 2 aromatic heterocycles. The Kier molecular flexibility index (Phi) is 3.25. The second kappa shape index (κ2) is 5.05. The van der Waals surface area contributed by atoms with Crippen LogP contribution in [-0.2, 0) is 0 Å². The standard InChI is InChI=1S/C13H17N5O/c1-8-6-15-11(16-7-8)12-17-13(19-18-12)10-9(2)4-3-5-14-10/h6-7,9-10,14H,3-5H2,1-2H3. The van der Waals surface area contributed by atoms with Crippen LogP contribution in [0, 0.1) is 12.8 Å². The van der Waals surface area contributed by atoms with E-state index in [0.29, 0.717) is 23.5 Å². The summed E-state index contributed by atoms with van der Waals surface area (Å²) < 4.78 is 5.36. The summed E-state index contributed by atoms with van der Waals surface area (Å²) in [6.07, 6.45) is 5.87. The van der Waals surface area contributed by atoms with Crippen molar-refractivity contribution in [3.63, 3.8) is 0 Å². The van der Waals surface area contributed by atoms with Crippen LogP contribution < -0.4 is 5.32 Å². The Bertz CT molecular complexity index is 550. The Hall–Kier alpha value is -1.82. The van der Waals surface area contributed by atoms with Crippen LogP contribution in [0.2, 0.25) is 0 Å². The van der Waals surface area contributed by atoms with Gasteiger partial charge in [-0.3, -0.25) is 0 Å². The fraction of sp³-hybridized carbons (Fsp3) is 0.538. The molecule has 1 fully saturated rings. The van der Waals surface area contributed by atoms with Gasteiger partial charge in [0.2, 0.25) is 17.5 Å². The molecule has 2 atom stereocenters. The Balaban J connectivity index is 1.84.